The summed E-state index contributed by atoms with van der Waals surface area (Å²) in [6.45, 7) is 0.770. The molecule has 196 valence electrons. The van der Waals surface area contributed by atoms with Gasteiger partial charge in [-0.3, -0.25) is 0 Å². The molecule has 0 radical (unpaired) electrons. The minimum atomic E-state index is 0.770. The molecule has 0 spiro atoms. The first-order chi connectivity index (χ1) is 18.9. The maximum Gasteiger partial charge on any atom is 0.0502 e. The monoisotopic (exact) mass is 680 g/mol. The quantitative estimate of drug-likeness (QED) is 0.121. The van der Waals surface area contributed by atoms with Crippen molar-refractivity contribution >= 4 is 79.4 Å². The third-order valence-corrected chi connectivity index (χ3v) is 9.49. The molecule has 0 saturated carbocycles. The summed E-state index contributed by atoms with van der Waals surface area (Å²) < 4.78 is 5.78. The van der Waals surface area contributed by atoms with Crippen LogP contribution in [0.4, 0.5) is 0 Å². The standard InChI is InChI=1S/C33H27Cl2IN2S/c1-37-18-25(32-28(34)5-3-7-30(32)37)16-22-11-14-27(39-2)17-23(22)19-38-20-24(15-21-9-12-26(36)13-10-21)33-29(35)6-4-8-31(33)38/h3-14,17-18,20H,15-16,19H2,1-2H3. The molecule has 0 aliphatic rings. The highest BCUT2D eigenvalue weighted by atomic mass is 127. The number of benzene rings is 4. The summed E-state index contributed by atoms with van der Waals surface area (Å²) in [6.07, 6.45) is 8.30. The fourth-order valence-electron chi connectivity index (χ4n) is 5.54. The largest absolute Gasteiger partial charge is 0.350 e. The Hall–Kier alpha value is -2.38. The third kappa shape index (κ3) is 5.37. The Morgan fingerprint density at radius 3 is 2.10 bits per heavy atom. The van der Waals surface area contributed by atoms with E-state index in [0.29, 0.717) is 0 Å². The van der Waals surface area contributed by atoms with Crippen LogP contribution in [0.3, 0.4) is 0 Å². The molecule has 0 fully saturated rings. The highest BCUT2D eigenvalue weighted by Gasteiger charge is 2.16. The fourth-order valence-corrected chi connectivity index (χ4v) is 6.95. The maximum absolute atomic E-state index is 6.80. The topological polar surface area (TPSA) is 9.86 Å². The maximum atomic E-state index is 6.80. The molecule has 6 heteroatoms. The van der Waals surface area contributed by atoms with E-state index in [-0.39, 0.29) is 0 Å². The van der Waals surface area contributed by atoms with Gasteiger partial charge in [-0.15, -0.1) is 11.8 Å². The molecule has 0 unspecified atom stereocenters. The van der Waals surface area contributed by atoms with Gasteiger partial charge in [0.15, 0.2) is 0 Å². The molecule has 6 aromatic rings. The zero-order valence-electron chi connectivity index (χ0n) is 21.7. The van der Waals surface area contributed by atoms with Crippen LogP contribution < -0.4 is 0 Å². The average molecular weight is 681 g/mol. The Morgan fingerprint density at radius 1 is 0.718 bits per heavy atom. The van der Waals surface area contributed by atoms with Gasteiger partial charge in [0.1, 0.15) is 0 Å². The van der Waals surface area contributed by atoms with E-state index in [1.165, 1.54) is 36.3 Å². The number of halogens is 3. The number of hydrogen-bond acceptors (Lipinski definition) is 1. The van der Waals surface area contributed by atoms with Gasteiger partial charge in [-0.1, -0.05) is 53.5 Å². The molecule has 0 bridgehead atoms. The average Bonchev–Trinajstić information content (AvgIpc) is 3.44. The second kappa shape index (κ2) is 11.2. The Labute approximate surface area is 257 Å². The molecule has 0 aliphatic carbocycles. The van der Waals surface area contributed by atoms with Gasteiger partial charge in [-0.2, -0.15) is 0 Å². The van der Waals surface area contributed by atoms with Crippen LogP contribution in [0.25, 0.3) is 21.8 Å². The highest BCUT2D eigenvalue weighted by molar-refractivity contribution is 14.1. The van der Waals surface area contributed by atoms with E-state index in [2.05, 4.69) is 112 Å². The van der Waals surface area contributed by atoms with E-state index >= 15 is 0 Å². The summed E-state index contributed by atoms with van der Waals surface area (Å²) in [5, 5.41) is 3.88. The first-order valence-corrected chi connectivity index (χ1v) is 15.9. The fraction of sp³-hybridized carbons (Fsp3) is 0.152. The lowest BCUT2D eigenvalue weighted by Crippen LogP contribution is -2.03. The van der Waals surface area contributed by atoms with Crippen LogP contribution in [0.2, 0.25) is 10.0 Å². The smallest absolute Gasteiger partial charge is 0.0502 e. The van der Waals surface area contributed by atoms with Crippen molar-refractivity contribution in [3.05, 3.63) is 133 Å². The first kappa shape index (κ1) is 26.8. The zero-order chi connectivity index (χ0) is 27.1. The molecule has 0 aliphatic heterocycles. The number of thioether (sulfide) groups is 1. The van der Waals surface area contributed by atoms with Gasteiger partial charge >= 0.3 is 0 Å². The number of fused-ring (bicyclic) bond motifs is 2. The van der Waals surface area contributed by atoms with Crippen molar-refractivity contribution in [2.24, 2.45) is 7.05 Å². The molecule has 6 rings (SSSR count). The number of aromatic nitrogens is 2. The van der Waals surface area contributed by atoms with Crippen molar-refractivity contribution in [1.29, 1.82) is 0 Å². The van der Waals surface area contributed by atoms with Gasteiger partial charge in [-0.05, 0) is 118 Å². The van der Waals surface area contributed by atoms with Crippen molar-refractivity contribution in [2.75, 3.05) is 6.26 Å². The van der Waals surface area contributed by atoms with Crippen molar-refractivity contribution in [3.8, 4) is 0 Å². The number of rotatable bonds is 7. The first-order valence-electron chi connectivity index (χ1n) is 12.8. The molecule has 39 heavy (non-hydrogen) atoms. The van der Waals surface area contributed by atoms with Crippen LogP contribution in [0.5, 0.6) is 0 Å². The normalized spacial score (nSPS) is 11.6. The Morgan fingerprint density at radius 2 is 1.38 bits per heavy atom. The number of aryl methyl sites for hydroxylation is 1. The second-order valence-electron chi connectivity index (χ2n) is 9.93. The lowest BCUT2D eigenvalue weighted by Gasteiger charge is -2.13. The van der Waals surface area contributed by atoms with E-state index in [1.807, 2.05) is 24.3 Å². The molecular weight excluding hydrogens is 654 g/mol. The highest BCUT2D eigenvalue weighted by Crippen LogP contribution is 2.34. The minimum Gasteiger partial charge on any atom is -0.350 e. The molecule has 2 aromatic heterocycles. The van der Waals surface area contributed by atoms with Gasteiger partial charge in [0.25, 0.3) is 0 Å². The minimum absolute atomic E-state index is 0.770. The van der Waals surface area contributed by atoms with E-state index in [0.717, 1.165) is 51.2 Å². The summed E-state index contributed by atoms with van der Waals surface area (Å²) in [5.41, 5.74) is 8.72. The predicted octanol–water partition coefficient (Wildman–Crippen LogP) is 10.00. The molecule has 0 amide bonds. The molecule has 2 nitrogen and oxygen atoms in total. The van der Waals surface area contributed by atoms with E-state index < -0.39 is 0 Å². The van der Waals surface area contributed by atoms with Crippen LogP contribution >= 0.6 is 57.6 Å². The number of nitrogens with zero attached hydrogens (tertiary/aromatic N) is 2. The van der Waals surface area contributed by atoms with Gasteiger partial charge in [0.05, 0.1) is 15.6 Å². The van der Waals surface area contributed by atoms with Crippen LogP contribution in [0, 0.1) is 3.57 Å². The van der Waals surface area contributed by atoms with E-state index in [4.69, 9.17) is 23.2 Å². The van der Waals surface area contributed by atoms with Crippen LogP contribution in [0.15, 0.2) is 96.2 Å². The Kier molecular flexibility index (Phi) is 7.73. The summed E-state index contributed by atoms with van der Waals surface area (Å²) in [6, 6.07) is 27.9. The van der Waals surface area contributed by atoms with Crippen LogP contribution in [0.1, 0.15) is 27.8 Å². The molecule has 0 saturated heterocycles. The summed E-state index contributed by atoms with van der Waals surface area (Å²) in [4.78, 5) is 1.26. The van der Waals surface area contributed by atoms with Crippen molar-refractivity contribution < 1.29 is 0 Å². The Bertz CT molecular complexity index is 1820. The molecule has 2 heterocycles. The molecular formula is C33H27Cl2IN2S. The third-order valence-electron chi connectivity index (χ3n) is 7.42. The summed E-state index contributed by atoms with van der Waals surface area (Å²) >= 11 is 17.6. The van der Waals surface area contributed by atoms with Crippen molar-refractivity contribution in [1.82, 2.24) is 9.13 Å². The van der Waals surface area contributed by atoms with Crippen molar-refractivity contribution in [2.45, 2.75) is 24.3 Å². The van der Waals surface area contributed by atoms with E-state index in [1.54, 1.807) is 11.8 Å². The van der Waals surface area contributed by atoms with Gasteiger partial charge < -0.3 is 9.13 Å². The number of hydrogen-bond donors (Lipinski definition) is 0. The molecule has 4 aromatic carbocycles. The summed E-state index contributed by atoms with van der Waals surface area (Å²) in [7, 11) is 2.09. The van der Waals surface area contributed by atoms with Crippen LogP contribution in [-0.4, -0.2) is 15.4 Å². The van der Waals surface area contributed by atoms with Crippen molar-refractivity contribution in [3.63, 3.8) is 0 Å². The van der Waals surface area contributed by atoms with Gasteiger partial charge in [0, 0.05) is 50.7 Å². The molecule has 0 atom stereocenters. The molecule has 0 N–H and O–H groups in total. The predicted molar refractivity (Wildman–Crippen MR) is 177 cm³/mol. The lowest BCUT2D eigenvalue weighted by atomic mass is 9.99. The summed E-state index contributed by atoms with van der Waals surface area (Å²) in [5.74, 6) is 0. The van der Waals surface area contributed by atoms with Gasteiger partial charge in [0.2, 0.25) is 0 Å². The van der Waals surface area contributed by atoms with Crippen LogP contribution in [-0.2, 0) is 26.4 Å². The van der Waals surface area contributed by atoms with E-state index in [9.17, 15) is 0 Å². The SMILES string of the molecule is CSc1ccc(Cc2cn(C)c3cccc(Cl)c23)c(Cn2cc(Cc3ccc(I)cc3)c3c(Cl)cccc32)c1. The second-order valence-corrected chi connectivity index (χ2v) is 12.9. The van der Waals surface area contributed by atoms with Gasteiger partial charge in [-0.25, -0.2) is 0 Å². The lowest BCUT2D eigenvalue weighted by molar-refractivity contribution is 0.818. The zero-order valence-corrected chi connectivity index (χ0v) is 26.2. The Balaban J connectivity index is 1.42.